The number of amides is 1. The summed E-state index contributed by atoms with van der Waals surface area (Å²) in [5.74, 6) is 1.27. The number of nitrogens with one attached hydrogen (secondary N) is 1. The molecular formula is C19H28N4O2S. The van der Waals surface area contributed by atoms with E-state index in [1.807, 2.05) is 11.8 Å². The van der Waals surface area contributed by atoms with Gasteiger partial charge in [-0.05, 0) is 57.2 Å². The molecule has 1 aliphatic carbocycles. The highest BCUT2D eigenvalue weighted by atomic mass is 32.1. The van der Waals surface area contributed by atoms with Gasteiger partial charge in [0, 0.05) is 30.1 Å². The monoisotopic (exact) mass is 376 g/mol. The van der Waals surface area contributed by atoms with Crippen molar-refractivity contribution in [2.45, 2.75) is 65.8 Å². The number of hydrazone groups is 1. The lowest BCUT2D eigenvalue weighted by Crippen LogP contribution is -2.42. The van der Waals surface area contributed by atoms with Gasteiger partial charge in [0.2, 0.25) is 0 Å². The van der Waals surface area contributed by atoms with Crippen LogP contribution in [-0.2, 0) is 6.42 Å². The molecule has 2 heterocycles. The van der Waals surface area contributed by atoms with Gasteiger partial charge in [0.05, 0.1) is 5.71 Å². The van der Waals surface area contributed by atoms with Crippen LogP contribution >= 0.6 is 12.2 Å². The van der Waals surface area contributed by atoms with Crippen LogP contribution in [0.1, 0.15) is 73.9 Å². The van der Waals surface area contributed by atoms with Crippen LogP contribution in [0.3, 0.4) is 0 Å². The molecule has 3 N–H and O–H groups in total. The van der Waals surface area contributed by atoms with Gasteiger partial charge in [-0.25, -0.2) is 0 Å². The second-order valence-corrected chi connectivity index (χ2v) is 8.69. The minimum Gasteiger partial charge on any atom is -0.455 e. The molecule has 0 radical (unpaired) electrons. The Kier molecular flexibility index (Phi) is 5.10. The Morgan fingerprint density at radius 1 is 1.38 bits per heavy atom. The van der Waals surface area contributed by atoms with E-state index >= 15 is 0 Å². The fraction of sp³-hybridized carbons (Fsp3) is 0.632. The summed E-state index contributed by atoms with van der Waals surface area (Å²) in [7, 11) is 0. The van der Waals surface area contributed by atoms with Crippen LogP contribution in [-0.4, -0.2) is 34.2 Å². The summed E-state index contributed by atoms with van der Waals surface area (Å²) < 4.78 is 6.11. The van der Waals surface area contributed by atoms with Crippen LogP contribution < -0.4 is 11.2 Å². The van der Waals surface area contributed by atoms with Gasteiger partial charge in [-0.2, -0.15) is 5.10 Å². The Labute approximate surface area is 160 Å². The summed E-state index contributed by atoms with van der Waals surface area (Å²) in [6.07, 6.45) is 4.81. The van der Waals surface area contributed by atoms with Crippen LogP contribution in [0, 0.1) is 12.3 Å². The summed E-state index contributed by atoms with van der Waals surface area (Å²) in [4.78, 5) is 15.1. The highest BCUT2D eigenvalue weighted by Crippen LogP contribution is 2.39. The molecule has 1 aromatic rings. The van der Waals surface area contributed by atoms with E-state index in [9.17, 15) is 4.79 Å². The first kappa shape index (κ1) is 18.9. The summed E-state index contributed by atoms with van der Waals surface area (Å²) >= 11 is 4.87. The highest BCUT2D eigenvalue weighted by Gasteiger charge is 2.37. The lowest BCUT2D eigenvalue weighted by Gasteiger charge is -2.32. The lowest BCUT2D eigenvalue weighted by molar-refractivity contribution is 0.0599. The minimum atomic E-state index is -0.0106. The van der Waals surface area contributed by atoms with Gasteiger partial charge in [0.25, 0.3) is 5.91 Å². The number of furan rings is 1. The van der Waals surface area contributed by atoms with Crippen LogP contribution in [0.15, 0.2) is 9.52 Å². The Hall–Kier alpha value is -1.89. The maximum atomic E-state index is 13.1. The Balaban J connectivity index is 2.00. The third-order valence-corrected chi connectivity index (χ3v) is 5.44. The summed E-state index contributed by atoms with van der Waals surface area (Å²) in [6.45, 7) is 9.17. The SMILES string of the molecule is Cc1c(C(=O)N2CCCCC2C)oc2c1/C(=N\NC(N)=S)CC(C)(C)C2. The predicted octanol–water partition coefficient (Wildman–Crippen LogP) is 3.11. The zero-order valence-corrected chi connectivity index (χ0v) is 16.8. The zero-order valence-electron chi connectivity index (χ0n) is 16.0. The number of carbonyl (C=O) groups is 1. The zero-order chi connectivity index (χ0) is 19.1. The average Bonchev–Trinajstić information content (AvgIpc) is 2.87. The second-order valence-electron chi connectivity index (χ2n) is 8.25. The van der Waals surface area contributed by atoms with Crippen molar-refractivity contribution >= 4 is 28.9 Å². The van der Waals surface area contributed by atoms with Crippen molar-refractivity contribution in [1.29, 1.82) is 0 Å². The summed E-state index contributed by atoms with van der Waals surface area (Å²) in [5.41, 5.74) is 10.9. The standard InChI is InChI=1S/C19H28N4O2S/c1-11-7-5-6-8-23(11)17(24)16-12(2)15-13(21-22-18(20)26)9-19(3,4)10-14(15)25-16/h11H,5-10H2,1-4H3,(H3,20,22,26)/b21-13-. The lowest BCUT2D eigenvalue weighted by atomic mass is 9.75. The van der Waals surface area contributed by atoms with Crippen LogP contribution in [0.2, 0.25) is 0 Å². The molecule has 1 saturated heterocycles. The number of nitrogens with two attached hydrogens (primary N) is 1. The average molecular weight is 377 g/mol. The number of nitrogens with zero attached hydrogens (tertiary/aromatic N) is 2. The van der Waals surface area contributed by atoms with E-state index in [2.05, 4.69) is 31.3 Å². The number of hydrogen-bond donors (Lipinski definition) is 2. The van der Waals surface area contributed by atoms with Crippen molar-refractivity contribution in [1.82, 2.24) is 10.3 Å². The molecule has 1 amide bonds. The normalized spacial score (nSPS) is 23.6. The molecule has 1 atom stereocenters. The number of rotatable bonds is 2. The van der Waals surface area contributed by atoms with Crippen molar-refractivity contribution in [2.24, 2.45) is 16.3 Å². The topological polar surface area (TPSA) is 83.9 Å². The molecule has 26 heavy (non-hydrogen) atoms. The first-order valence-corrected chi connectivity index (χ1v) is 9.66. The molecule has 1 aliphatic heterocycles. The number of carbonyl (C=O) groups excluding carboxylic acids is 1. The van der Waals surface area contributed by atoms with Crippen LogP contribution in [0.5, 0.6) is 0 Å². The van der Waals surface area contributed by atoms with Crippen molar-refractivity contribution in [3.05, 3.63) is 22.6 Å². The second kappa shape index (κ2) is 7.02. The molecule has 3 rings (SSSR count). The fourth-order valence-corrected chi connectivity index (χ4v) is 4.11. The summed E-state index contributed by atoms with van der Waals surface area (Å²) in [6, 6.07) is 0.249. The van der Waals surface area contributed by atoms with Gasteiger partial charge in [-0.3, -0.25) is 10.2 Å². The highest BCUT2D eigenvalue weighted by molar-refractivity contribution is 7.80. The van der Waals surface area contributed by atoms with Crippen molar-refractivity contribution in [2.75, 3.05) is 6.54 Å². The number of piperidine rings is 1. The van der Waals surface area contributed by atoms with Gasteiger partial charge in [-0.15, -0.1) is 0 Å². The van der Waals surface area contributed by atoms with Gasteiger partial charge in [0.15, 0.2) is 10.9 Å². The minimum absolute atomic E-state index is 0.00718. The molecule has 0 bridgehead atoms. The number of fused-ring (bicyclic) bond motifs is 1. The van der Waals surface area contributed by atoms with Crippen LogP contribution in [0.4, 0.5) is 0 Å². The largest absolute Gasteiger partial charge is 0.455 e. The predicted molar refractivity (Wildman–Crippen MR) is 106 cm³/mol. The first-order chi connectivity index (χ1) is 12.2. The molecule has 1 fully saturated rings. The van der Waals surface area contributed by atoms with Gasteiger partial charge >= 0.3 is 0 Å². The fourth-order valence-electron chi connectivity index (χ4n) is 4.07. The van der Waals surface area contributed by atoms with E-state index in [1.165, 1.54) is 6.42 Å². The smallest absolute Gasteiger partial charge is 0.290 e. The van der Waals surface area contributed by atoms with E-state index in [4.69, 9.17) is 22.4 Å². The van der Waals surface area contributed by atoms with E-state index in [-0.39, 0.29) is 22.5 Å². The van der Waals surface area contributed by atoms with Gasteiger partial charge in [0.1, 0.15) is 5.76 Å². The Morgan fingerprint density at radius 2 is 2.12 bits per heavy atom. The maximum Gasteiger partial charge on any atom is 0.290 e. The molecule has 0 spiro atoms. The van der Waals surface area contributed by atoms with E-state index in [0.717, 1.165) is 54.8 Å². The molecule has 1 unspecified atom stereocenters. The van der Waals surface area contributed by atoms with Gasteiger partial charge < -0.3 is 15.1 Å². The molecule has 7 heteroatoms. The molecule has 2 aliphatic rings. The molecule has 0 saturated carbocycles. The van der Waals surface area contributed by atoms with Crippen molar-refractivity contribution in [3.8, 4) is 0 Å². The third-order valence-electron chi connectivity index (χ3n) is 5.35. The quantitative estimate of drug-likeness (QED) is 0.612. The molecule has 0 aromatic carbocycles. The Bertz CT molecular complexity index is 766. The summed E-state index contributed by atoms with van der Waals surface area (Å²) in [5, 5.41) is 4.52. The Morgan fingerprint density at radius 3 is 2.77 bits per heavy atom. The number of likely N-dealkylation sites (tertiary alicyclic amines) is 1. The molecule has 142 valence electrons. The number of hydrogen-bond acceptors (Lipinski definition) is 4. The van der Waals surface area contributed by atoms with E-state index in [0.29, 0.717) is 5.76 Å². The van der Waals surface area contributed by atoms with Crippen molar-refractivity contribution in [3.63, 3.8) is 0 Å². The van der Waals surface area contributed by atoms with Crippen molar-refractivity contribution < 1.29 is 9.21 Å². The maximum absolute atomic E-state index is 13.1. The van der Waals surface area contributed by atoms with E-state index in [1.54, 1.807) is 0 Å². The number of thiocarbonyl (C=S) groups is 1. The van der Waals surface area contributed by atoms with Crippen LogP contribution in [0.25, 0.3) is 0 Å². The van der Waals surface area contributed by atoms with Gasteiger partial charge in [-0.1, -0.05) is 13.8 Å². The molecule has 1 aromatic heterocycles. The third kappa shape index (κ3) is 3.63. The van der Waals surface area contributed by atoms with E-state index < -0.39 is 0 Å². The molecule has 6 nitrogen and oxygen atoms in total. The molecular weight excluding hydrogens is 348 g/mol. The first-order valence-electron chi connectivity index (χ1n) is 9.25.